The standard InChI is InChI=1S/C21H26N4O/c1-14(2)19-18(12-15-6-4-3-5-7-15)24-21(25-20(19)26)23-17-10-8-16(13-22)9-11-17/h8-11,14-15H,3-7,12H2,1-2H3,(H2,23,24,25,26). The van der Waals surface area contributed by atoms with E-state index >= 15 is 0 Å². The Labute approximate surface area is 154 Å². The molecular weight excluding hydrogens is 324 g/mol. The summed E-state index contributed by atoms with van der Waals surface area (Å²) in [4.78, 5) is 20.3. The molecule has 0 radical (unpaired) electrons. The third-order valence-corrected chi connectivity index (χ3v) is 5.10. The first-order valence-electron chi connectivity index (χ1n) is 9.47. The van der Waals surface area contributed by atoms with Gasteiger partial charge in [0, 0.05) is 11.3 Å². The molecule has 5 nitrogen and oxygen atoms in total. The van der Waals surface area contributed by atoms with Gasteiger partial charge in [-0.3, -0.25) is 9.78 Å². The lowest BCUT2D eigenvalue weighted by atomic mass is 9.84. The molecule has 26 heavy (non-hydrogen) atoms. The lowest BCUT2D eigenvalue weighted by Crippen LogP contribution is -2.23. The van der Waals surface area contributed by atoms with Crippen LogP contribution in [0.5, 0.6) is 0 Å². The highest BCUT2D eigenvalue weighted by Crippen LogP contribution is 2.28. The fourth-order valence-corrected chi connectivity index (χ4v) is 3.77. The number of aromatic amines is 1. The van der Waals surface area contributed by atoms with Gasteiger partial charge in [0.05, 0.1) is 17.3 Å². The van der Waals surface area contributed by atoms with E-state index in [1.165, 1.54) is 32.1 Å². The Morgan fingerprint density at radius 2 is 1.92 bits per heavy atom. The predicted octanol–water partition coefficient (Wildman–Crippen LogP) is 4.63. The molecule has 0 unspecified atom stereocenters. The number of nitrogens with zero attached hydrogens (tertiary/aromatic N) is 2. The van der Waals surface area contributed by atoms with Crippen LogP contribution in [0, 0.1) is 17.2 Å². The Morgan fingerprint density at radius 3 is 2.54 bits per heavy atom. The average molecular weight is 350 g/mol. The molecule has 2 N–H and O–H groups in total. The Bertz CT molecular complexity index is 840. The largest absolute Gasteiger partial charge is 0.326 e. The number of hydrogen-bond donors (Lipinski definition) is 2. The molecule has 3 rings (SSSR count). The van der Waals surface area contributed by atoms with Crippen LogP contribution < -0.4 is 10.9 Å². The summed E-state index contributed by atoms with van der Waals surface area (Å²) >= 11 is 0. The van der Waals surface area contributed by atoms with Crippen molar-refractivity contribution in [1.29, 1.82) is 5.26 Å². The quantitative estimate of drug-likeness (QED) is 0.823. The van der Waals surface area contributed by atoms with Gasteiger partial charge < -0.3 is 5.32 Å². The zero-order valence-electron chi connectivity index (χ0n) is 15.5. The normalized spacial score (nSPS) is 15.0. The van der Waals surface area contributed by atoms with Crippen molar-refractivity contribution in [2.45, 2.75) is 58.3 Å². The van der Waals surface area contributed by atoms with Crippen molar-refractivity contribution < 1.29 is 0 Å². The summed E-state index contributed by atoms with van der Waals surface area (Å²) in [6.07, 6.45) is 7.21. The minimum atomic E-state index is -0.0584. The predicted molar refractivity (Wildman–Crippen MR) is 104 cm³/mol. The van der Waals surface area contributed by atoms with Crippen LogP contribution in [0.15, 0.2) is 29.1 Å². The van der Waals surface area contributed by atoms with Crippen LogP contribution in [0.25, 0.3) is 0 Å². The Morgan fingerprint density at radius 1 is 1.23 bits per heavy atom. The molecule has 1 aromatic heterocycles. The number of rotatable bonds is 5. The van der Waals surface area contributed by atoms with Gasteiger partial charge in [0.1, 0.15) is 0 Å². The Balaban J connectivity index is 1.88. The number of benzene rings is 1. The van der Waals surface area contributed by atoms with Crippen molar-refractivity contribution in [3.63, 3.8) is 0 Å². The summed E-state index contributed by atoms with van der Waals surface area (Å²) in [6.45, 7) is 4.09. The minimum Gasteiger partial charge on any atom is -0.326 e. The molecule has 0 spiro atoms. The molecule has 2 aromatic rings. The molecule has 1 aliphatic rings. The van der Waals surface area contributed by atoms with Gasteiger partial charge in [-0.1, -0.05) is 46.0 Å². The second-order valence-electron chi connectivity index (χ2n) is 7.45. The minimum absolute atomic E-state index is 0.0584. The van der Waals surface area contributed by atoms with E-state index in [4.69, 9.17) is 10.2 Å². The maximum Gasteiger partial charge on any atom is 0.255 e. The van der Waals surface area contributed by atoms with Crippen molar-refractivity contribution >= 4 is 11.6 Å². The SMILES string of the molecule is CC(C)c1c(CC2CCCCC2)nc(Nc2ccc(C#N)cc2)[nH]c1=O. The van der Waals surface area contributed by atoms with E-state index in [0.29, 0.717) is 17.4 Å². The van der Waals surface area contributed by atoms with Crippen molar-refractivity contribution in [3.05, 3.63) is 51.4 Å². The van der Waals surface area contributed by atoms with Gasteiger partial charge in [0.15, 0.2) is 0 Å². The summed E-state index contributed by atoms with van der Waals surface area (Å²) in [5, 5.41) is 12.1. The highest BCUT2D eigenvalue weighted by atomic mass is 16.1. The van der Waals surface area contributed by atoms with E-state index in [0.717, 1.165) is 23.4 Å². The molecule has 0 amide bonds. The maximum absolute atomic E-state index is 12.7. The number of anilines is 2. The fraction of sp³-hybridized carbons (Fsp3) is 0.476. The number of H-pyrrole nitrogens is 1. The first-order valence-corrected chi connectivity index (χ1v) is 9.47. The summed E-state index contributed by atoms with van der Waals surface area (Å²) in [6, 6.07) is 9.21. The van der Waals surface area contributed by atoms with Crippen molar-refractivity contribution in [3.8, 4) is 6.07 Å². The number of nitrogens with one attached hydrogen (secondary N) is 2. The molecule has 136 valence electrons. The highest BCUT2D eigenvalue weighted by Gasteiger charge is 2.20. The maximum atomic E-state index is 12.7. The summed E-state index contributed by atoms with van der Waals surface area (Å²) in [5.41, 5.74) is 3.07. The lowest BCUT2D eigenvalue weighted by Gasteiger charge is -2.23. The second-order valence-corrected chi connectivity index (χ2v) is 7.45. The van der Waals surface area contributed by atoms with E-state index in [2.05, 4.69) is 16.4 Å². The van der Waals surface area contributed by atoms with Gasteiger partial charge in [0.2, 0.25) is 5.95 Å². The van der Waals surface area contributed by atoms with Gasteiger partial charge in [-0.25, -0.2) is 4.98 Å². The molecule has 1 heterocycles. The third kappa shape index (κ3) is 4.32. The first-order chi connectivity index (χ1) is 12.6. The molecule has 0 atom stereocenters. The second kappa shape index (κ2) is 8.18. The van der Waals surface area contributed by atoms with Crippen molar-refractivity contribution in [1.82, 2.24) is 9.97 Å². The summed E-state index contributed by atoms with van der Waals surface area (Å²) < 4.78 is 0. The fourth-order valence-electron chi connectivity index (χ4n) is 3.77. The van der Waals surface area contributed by atoms with E-state index in [1.807, 2.05) is 26.0 Å². The average Bonchev–Trinajstić information content (AvgIpc) is 2.62. The van der Waals surface area contributed by atoms with E-state index < -0.39 is 0 Å². The van der Waals surface area contributed by atoms with E-state index in [-0.39, 0.29) is 11.5 Å². The van der Waals surface area contributed by atoms with Crippen LogP contribution in [0.3, 0.4) is 0 Å². The number of aromatic nitrogens is 2. The third-order valence-electron chi connectivity index (χ3n) is 5.10. The van der Waals surface area contributed by atoms with Gasteiger partial charge in [-0.05, 0) is 42.5 Å². The van der Waals surface area contributed by atoms with Crippen molar-refractivity contribution in [2.75, 3.05) is 5.32 Å². The number of nitriles is 1. The molecule has 1 fully saturated rings. The zero-order chi connectivity index (χ0) is 18.5. The molecule has 1 saturated carbocycles. The van der Waals surface area contributed by atoms with Crippen LogP contribution in [0.2, 0.25) is 0 Å². The Hall–Kier alpha value is -2.61. The monoisotopic (exact) mass is 350 g/mol. The molecule has 0 aliphatic heterocycles. The van der Waals surface area contributed by atoms with Gasteiger partial charge in [-0.15, -0.1) is 0 Å². The summed E-state index contributed by atoms with van der Waals surface area (Å²) in [5.74, 6) is 1.24. The van der Waals surface area contributed by atoms with Crippen LogP contribution >= 0.6 is 0 Å². The number of hydrogen-bond acceptors (Lipinski definition) is 4. The molecule has 0 saturated heterocycles. The molecule has 0 bridgehead atoms. The molecule has 1 aliphatic carbocycles. The van der Waals surface area contributed by atoms with Gasteiger partial charge in [-0.2, -0.15) is 5.26 Å². The highest BCUT2D eigenvalue weighted by molar-refractivity contribution is 5.55. The van der Waals surface area contributed by atoms with Crippen molar-refractivity contribution in [2.24, 2.45) is 5.92 Å². The van der Waals surface area contributed by atoms with Crippen LogP contribution in [0.1, 0.15) is 68.7 Å². The summed E-state index contributed by atoms with van der Waals surface area (Å²) in [7, 11) is 0. The van der Waals surface area contributed by atoms with Crippen LogP contribution in [-0.2, 0) is 6.42 Å². The lowest BCUT2D eigenvalue weighted by molar-refractivity contribution is 0.353. The van der Waals surface area contributed by atoms with Gasteiger partial charge >= 0.3 is 0 Å². The first kappa shape index (κ1) is 18.2. The topological polar surface area (TPSA) is 81.6 Å². The smallest absolute Gasteiger partial charge is 0.255 e. The van der Waals surface area contributed by atoms with E-state index in [9.17, 15) is 4.79 Å². The molecule has 1 aromatic carbocycles. The Kier molecular flexibility index (Phi) is 5.72. The van der Waals surface area contributed by atoms with Crippen LogP contribution in [-0.4, -0.2) is 9.97 Å². The van der Waals surface area contributed by atoms with Gasteiger partial charge in [0.25, 0.3) is 5.56 Å². The van der Waals surface area contributed by atoms with Crippen LogP contribution in [0.4, 0.5) is 11.6 Å². The zero-order valence-corrected chi connectivity index (χ0v) is 15.5. The molecule has 5 heteroatoms. The van der Waals surface area contributed by atoms with E-state index in [1.54, 1.807) is 12.1 Å². The molecular formula is C21H26N4O.